The standard InChI is InChI=1S/C12H11N7O/c20-12(7-19-8-14-17-18-19)15-10-3-1-9(2-4-10)11-5-6-13-16-11/h1-6,8H,7H2,(H,13,16)(H,15,20). The minimum absolute atomic E-state index is 0.0787. The summed E-state index contributed by atoms with van der Waals surface area (Å²) in [4.78, 5) is 11.7. The number of hydrogen-bond donors (Lipinski definition) is 2. The maximum absolute atomic E-state index is 11.7. The lowest BCUT2D eigenvalue weighted by Crippen LogP contribution is -2.19. The highest BCUT2D eigenvalue weighted by molar-refractivity contribution is 5.90. The molecule has 0 atom stereocenters. The van der Waals surface area contributed by atoms with Crippen molar-refractivity contribution in [3.8, 4) is 11.3 Å². The van der Waals surface area contributed by atoms with Crippen LogP contribution in [0.1, 0.15) is 0 Å². The van der Waals surface area contributed by atoms with Gasteiger partial charge in [0.15, 0.2) is 0 Å². The van der Waals surface area contributed by atoms with Crippen molar-refractivity contribution in [2.24, 2.45) is 0 Å². The van der Waals surface area contributed by atoms with E-state index in [1.54, 1.807) is 6.20 Å². The van der Waals surface area contributed by atoms with Gasteiger partial charge in [0.25, 0.3) is 0 Å². The van der Waals surface area contributed by atoms with Gasteiger partial charge in [-0.1, -0.05) is 12.1 Å². The lowest BCUT2D eigenvalue weighted by atomic mass is 10.1. The predicted molar refractivity (Wildman–Crippen MR) is 70.5 cm³/mol. The van der Waals surface area contributed by atoms with Crippen molar-refractivity contribution < 1.29 is 4.79 Å². The van der Waals surface area contributed by atoms with Crippen LogP contribution in [0.3, 0.4) is 0 Å². The topological polar surface area (TPSA) is 101 Å². The Balaban J connectivity index is 1.65. The summed E-state index contributed by atoms with van der Waals surface area (Å²) in [7, 11) is 0. The van der Waals surface area contributed by atoms with Crippen LogP contribution in [0.15, 0.2) is 42.9 Å². The summed E-state index contributed by atoms with van der Waals surface area (Å²) in [5.74, 6) is -0.188. The Morgan fingerprint density at radius 2 is 2.10 bits per heavy atom. The van der Waals surface area contributed by atoms with Gasteiger partial charge in [-0.3, -0.25) is 9.89 Å². The fourth-order valence-electron chi connectivity index (χ4n) is 1.75. The maximum Gasteiger partial charge on any atom is 0.246 e. The highest BCUT2D eigenvalue weighted by Gasteiger charge is 2.05. The molecular weight excluding hydrogens is 258 g/mol. The molecule has 0 spiro atoms. The molecule has 20 heavy (non-hydrogen) atoms. The van der Waals surface area contributed by atoms with E-state index in [2.05, 4.69) is 31.0 Å². The first kappa shape index (κ1) is 12.0. The minimum atomic E-state index is -0.188. The van der Waals surface area contributed by atoms with Crippen molar-refractivity contribution in [1.82, 2.24) is 30.4 Å². The Morgan fingerprint density at radius 1 is 1.25 bits per heavy atom. The van der Waals surface area contributed by atoms with E-state index in [-0.39, 0.29) is 12.5 Å². The third-order valence-corrected chi connectivity index (χ3v) is 2.68. The molecular formula is C12H11N7O. The molecule has 0 radical (unpaired) electrons. The number of H-pyrrole nitrogens is 1. The molecule has 0 aliphatic heterocycles. The van der Waals surface area contributed by atoms with Gasteiger partial charge in [0.2, 0.25) is 5.91 Å². The molecule has 2 N–H and O–H groups in total. The molecule has 0 unspecified atom stereocenters. The molecule has 1 aromatic carbocycles. The summed E-state index contributed by atoms with van der Waals surface area (Å²) in [6.45, 7) is 0.0787. The van der Waals surface area contributed by atoms with Gasteiger partial charge in [-0.05, 0) is 34.2 Å². The van der Waals surface area contributed by atoms with Crippen LogP contribution in [0.2, 0.25) is 0 Å². The molecule has 2 aromatic heterocycles. The monoisotopic (exact) mass is 269 g/mol. The minimum Gasteiger partial charge on any atom is -0.324 e. The van der Waals surface area contributed by atoms with E-state index in [4.69, 9.17) is 0 Å². The van der Waals surface area contributed by atoms with Crippen molar-refractivity contribution in [3.63, 3.8) is 0 Å². The highest BCUT2D eigenvalue weighted by Crippen LogP contribution is 2.18. The highest BCUT2D eigenvalue weighted by atomic mass is 16.2. The molecule has 1 amide bonds. The number of nitrogens with zero attached hydrogens (tertiary/aromatic N) is 5. The molecule has 0 saturated heterocycles. The predicted octanol–water partition coefficient (Wildman–Crippen LogP) is 0.702. The number of anilines is 1. The van der Waals surface area contributed by atoms with E-state index in [0.29, 0.717) is 5.69 Å². The van der Waals surface area contributed by atoms with E-state index in [1.165, 1.54) is 11.0 Å². The van der Waals surface area contributed by atoms with Crippen LogP contribution in [-0.4, -0.2) is 36.3 Å². The number of benzene rings is 1. The number of carbonyl (C=O) groups is 1. The first-order valence-electron chi connectivity index (χ1n) is 5.92. The molecule has 8 heteroatoms. The number of hydrogen-bond acceptors (Lipinski definition) is 5. The van der Waals surface area contributed by atoms with Gasteiger partial charge in [0.05, 0.1) is 5.69 Å². The number of aromatic nitrogens is 6. The lowest BCUT2D eigenvalue weighted by molar-refractivity contribution is -0.116. The van der Waals surface area contributed by atoms with Crippen LogP contribution in [0.4, 0.5) is 5.69 Å². The fraction of sp³-hybridized carbons (Fsp3) is 0.0833. The van der Waals surface area contributed by atoms with E-state index in [9.17, 15) is 4.79 Å². The number of carbonyl (C=O) groups excluding carboxylic acids is 1. The number of nitrogens with one attached hydrogen (secondary N) is 2. The average molecular weight is 269 g/mol. The number of aromatic amines is 1. The van der Waals surface area contributed by atoms with Crippen molar-refractivity contribution in [2.75, 3.05) is 5.32 Å². The summed E-state index contributed by atoms with van der Waals surface area (Å²) < 4.78 is 1.36. The molecule has 0 aliphatic rings. The molecule has 0 bridgehead atoms. The largest absolute Gasteiger partial charge is 0.324 e. The van der Waals surface area contributed by atoms with Gasteiger partial charge < -0.3 is 5.32 Å². The van der Waals surface area contributed by atoms with Gasteiger partial charge in [0, 0.05) is 11.9 Å². The van der Waals surface area contributed by atoms with Crippen molar-refractivity contribution in [2.45, 2.75) is 6.54 Å². The second-order valence-electron chi connectivity index (χ2n) is 4.10. The second-order valence-corrected chi connectivity index (χ2v) is 4.10. The molecule has 100 valence electrons. The van der Waals surface area contributed by atoms with Gasteiger partial charge in [-0.2, -0.15) is 5.10 Å². The number of amides is 1. The smallest absolute Gasteiger partial charge is 0.246 e. The molecule has 3 aromatic rings. The third kappa shape index (κ3) is 2.69. The zero-order chi connectivity index (χ0) is 13.8. The van der Waals surface area contributed by atoms with Crippen LogP contribution in [0, 0.1) is 0 Å². The van der Waals surface area contributed by atoms with Gasteiger partial charge in [-0.25, -0.2) is 4.68 Å². The van der Waals surface area contributed by atoms with E-state index < -0.39 is 0 Å². The summed E-state index contributed by atoms with van der Waals surface area (Å²) >= 11 is 0. The zero-order valence-corrected chi connectivity index (χ0v) is 10.4. The molecule has 0 saturated carbocycles. The Kier molecular flexibility index (Phi) is 3.19. The van der Waals surface area contributed by atoms with Crippen LogP contribution >= 0.6 is 0 Å². The Morgan fingerprint density at radius 3 is 2.75 bits per heavy atom. The summed E-state index contributed by atoms with van der Waals surface area (Å²) in [5.41, 5.74) is 2.64. The number of tetrazole rings is 1. The Hall–Kier alpha value is -3.03. The van der Waals surface area contributed by atoms with E-state index >= 15 is 0 Å². The Labute approximate surface area is 113 Å². The van der Waals surface area contributed by atoms with Gasteiger partial charge in [0.1, 0.15) is 12.9 Å². The second kappa shape index (κ2) is 5.31. The number of rotatable bonds is 4. The van der Waals surface area contributed by atoms with Crippen LogP contribution in [0.25, 0.3) is 11.3 Å². The summed E-state index contributed by atoms with van der Waals surface area (Å²) in [5, 5.41) is 20.1. The zero-order valence-electron chi connectivity index (χ0n) is 10.4. The first-order chi connectivity index (χ1) is 9.81. The van der Waals surface area contributed by atoms with Crippen molar-refractivity contribution in [3.05, 3.63) is 42.9 Å². The van der Waals surface area contributed by atoms with Gasteiger partial charge in [-0.15, -0.1) is 5.10 Å². The molecule has 8 nitrogen and oxygen atoms in total. The van der Waals surface area contributed by atoms with E-state index in [1.807, 2.05) is 30.3 Å². The molecule has 2 heterocycles. The quantitative estimate of drug-likeness (QED) is 0.726. The van der Waals surface area contributed by atoms with Crippen LogP contribution < -0.4 is 5.32 Å². The SMILES string of the molecule is O=C(Cn1cnnn1)Nc1ccc(-c2ccn[nH]2)cc1. The van der Waals surface area contributed by atoms with Crippen LogP contribution in [0.5, 0.6) is 0 Å². The maximum atomic E-state index is 11.7. The first-order valence-corrected chi connectivity index (χ1v) is 5.92. The summed E-state index contributed by atoms with van der Waals surface area (Å²) in [6.07, 6.45) is 3.08. The average Bonchev–Trinajstić information content (AvgIpc) is 3.12. The Bertz CT molecular complexity index is 673. The van der Waals surface area contributed by atoms with Gasteiger partial charge >= 0.3 is 0 Å². The normalized spacial score (nSPS) is 10.4. The molecule has 0 aliphatic carbocycles. The van der Waals surface area contributed by atoms with Crippen molar-refractivity contribution in [1.29, 1.82) is 0 Å². The summed E-state index contributed by atoms with van der Waals surface area (Å²) in [6, 6.07) is 9.34. The molecule has 0 fully saturated rings. The lowest BCUT2D eigenvalue weighted by Gasteiger charge is -2.05. The van der Waals surface area contributed by atoms with E-state index in [0.717, 1.165) is 11.3 Å². The van der Waals surface area contributed by atoms with Crippen molar-refractivity contribution >= 4 is 11.6 Å². The molecule has 3 rings (SSSR count). The fourth-order valence-corrected chi connectivity index (χ4v) is 1.75. The third-order valence-electron chi connectivity index (χ3n) is 2.68. The van der Waals surface area contributed by atoms with Crippen LogP contribution in [-0.2, 0) is 11.3 Å².